The maximum absolute atomic E-state index is 6.21. The van der Waals surface area contributed by atoms with E-state index in [1.807, 2.05) is 12.1 Å². The Bertz CT molecular complexity index is 361. The van der Waals surface area contributed by atoms with E-state index in [1.165, 1.54) is 6.42 Å². The van der Waals surface area contributed by atoms with Gasteiger partial charge in [0.1, 0.15) is 5.76 Å². The predicted molar refractivity (Wildman–Crippen MR) is 74.2 cm³/mol. The van der Waals surface area contributed by atoms with Crippen LogP contribution in [-0.4, -0.2) is 23.5 Å². The third-order valence-corrected chi connectivity index (χ3v) is 4.33. The summed E-state index contributed by atoms with van der Waals surface area (Å²) in [5.41, 5.74) is 6.21. The Hall–Kier alpha value is -0.800. The molecule has 3 heteroatoms. The van der Waals surface area contributed by atoms with Crippen molar-refractivity contribution in [1.29, 1.82) is 0 Å². The molecule has 1 aliphatic rings. The smallest absolute Gasteiger partial charge is 0.122 e. The largest absolute Gasteiger partial charge is 0.468 e. The first-order chi connectivity index (χ1) is 8.50. The zero-order chi connectivity index (χ0) is 13.3. The molecular weight excluding hydrogens is 224 g/mol. The summed E-state index contributed by atoms with van der Waals surface area (Å²) in [6, 6.07) is 4.83. The van der Waals surface area contributed by atoms with Gasteiger partial charge in [0.15, 0.2) is 0 Å². The lowest BCUT2D eigenvalue weighted by molar-refractivity contribution is 0.0231. The number of hydrogen-bond donors (Lipinski definition) is 1. The molecule has 2 rings (SSSR count). The average Bonchev–Trinajstić information content (AvgIpc) is 2.78. The summed E-state index contributed by atoms with van der Waals surface area (Å²) in [5.74, 6) is 2.44. The summed E-state index contributed by atoms with van der Waals surface area (Å²) >= 11 is 0. The van der Waals surface area contributed by atoms with Crippen LogP contribution in [0.3, 0.4) is 0 Å². The summed E-state index contributed by atoms with van der Waals surface area (Å²) in [5, 5.41) is 0. The van der Waals surface area contributed by atoms with Gasteiger partial charge in [-0.25, -0.2) is 0 Å². The monoisotopic (exact) mass is 250 g/mol. The van der Waals surface area contributed by atoms with Crippen molar-refractivity contribution in [1.82, 2.24) is 4.90 Å². The fraction of sp³-hybridized carbons (Fsp3) is 0.733. The van der Waals surface area contributed by atoms with Crippen molar-refractivity contribution in [2.45, 2.75) is 52.2 Å². The van der Waals surface area contributed by atoms with E-state index >= 15 is 0 Å². The van der Waals surface area contributed by atoms with E-state index < -0.39 is 0 Å². The van der Waals surface area contributed by atoms with E-state index in [0.29, 0.717) is 12.0 Å². The van der Waals surface area contributed by atoms with Gasteiger partial charge in [-0.3, -0.25) is 4.90 Å². The number of nitrogens with zero attached hydrogens (tertiary/aromatic N) is 1. The van der Waals surface area contributed by atoms with Crippen molar-refractivity contribution in [2.75, 3.05) is 6.54 Å². The van der Waals surface area contributed by atoms with Crippen LogP contribution in [0.1, 0.15) is 45.9 Å². The average molecular weight is 250 g/mol. The first-order valence-electron chi connectivity index (χ1n) is 7.05. The quantitative estimate of drug-likeness (QED) is 0.896. The molecule has 0 aromatic carbocycles. The highest BCUT2D eigenvalue weighted by Gasteiger charge is 2.36. The number of hydrogen-bond acceptors (Lipinski definition) is 3. The summed E-state index contributed by atoms with van der Waals surface area (Å²) in [6.07, 6.45) is 3.05. The fourth-order valence-corrected chi connectivity index (χ4v) is 3.31. The minimum atomic E-state index is 0.0797. The van der Waals surface area contributed by atoms with Crippen molar-refractivity contribution in [3.8, 4) is 0 Å². The number of nitrogens with two attached hydrogens (primary N) is 1. The van der Waals surface area contributed by atoms with Crippen LogP contribution in [0.2, 0.25) is 0 Å². The lowest BCUT2D eigenvalue weighted by Crippen LogP contribution is -2.51. The van der Waals surface area contributed by atoms with Gasteiger partial charge in [0, 0.05) is 18.6 Å². The summed E-state index contributed by atoms with van der Waals surface area (Å²) in [7, 11) is 0. The molecule has 5 unspecified atom stereocenters. The van der Waals surface area contributed by atoms with Gasteiger partial charge >= 0.3 is 0 Å². The van der Waals surface area contributed by atoms with E-state index in [1.54, 1.807) is 6.26 Å². The Labute approximate surface area is 110 Å². The molecule has 1 aromatic rings. The van der Waals surface area contributed by atoms with Gasteiger partial charge < -0.3 is 10.2 Å². The fourth-order valence-electron chi connectivity index (χ4n) is 3.31. The molecule has 5 atom stereocenters. The zero-order valence-corrected chi connectivity index (χ0v) is 12.0. The van der Waals surface area contributed by atoms with Crippen molar-refractivity contribution in [3.63, 3.8) is 0 Å². The van der Waals surface area contributed by atoms with Crippen LogP contribution in [0.5, 0.6) is 0 Å². The molecule has 0 radical (unpaired) electrons. The lowest BCUT2D eigenvalue weighted by Gasteiger charge is -2.45. The van der Waals surface area contributed by atoms with Crippen LogP contribution >= 0.6 is 0 Å². The molecule has 2 heterocycles. The Kier molecular flexibility index (Phi) is 4.13. The highest BCUT2D eigenvalue weighted by Crippen LogP contribution is 2.35. The Morgan fingerprint density at radius 3 is 2.67 bits per heavy atom. The first-order valence-corrected chi connectivity index (χ1v) is 7.05. The van der Waals surface area contributed by atoms with E-state index in [-0.39, 0.29) is 12.1 Å². The molecule has 0 amide bonds. The van der Waals surface area contributed by atoms with E-state index in [2.05, 4.69) is 32.6 Å². The lowest BCUT2D eigenvalue weighted by atomic mass is 9.84. The third kappa shape index (κ3) is 2.62. The Balaban J connectivity index is 2.25. The molecular formula is C15H26N2O. The van der Waals surface area contributed by atoms with Gasteiger partial charge in [-0.05, 0) is 44.2 Å². The highest BCUT2D eigenvalue weighted by atomic mass is 16.3. The van der Waals surface area contributed by atoms with Crippen LogP contribution in [0.4, 0.5) is 0 Å². The Morgan fingerprint density at radius 1 is 1.39 bits per heavy atom. The molecule has 1 aromatic heterocycles. The molecule has 0 spiro atoms. The molecule has 1 aliphatic heterocycles. The van der Waals surface area contributed by atoms with Crippen molar-refractivity contribution in [2.24, 2.45) is 17.6 Å². The standard InChI is InChI=1S/C15H26N2O/c1-10-8-11(2)13(4)17(9-10)15(12(3)16)14-6-5-7-18-14/h5-7,10-13,15H,8-9,16H2,1-4H3. The molecule has 1 fully saturated rings. The molecule has 2 N–H and O–H groups in total. The van der Waals surface area contributed by atoms with Crippen LogP contribution in [-0.2, 0) is 0 Å². The van der Waals surface area contributed by atoms with Gasteiger partial charge in [-0.15, -0.1) is 0 Å². The van der Waals surface area contributed by atoms with Gasteiger partial charge in [0.25, 0.3) is 0 Å². The maximum Gasteiger partial charge on any atom is 0.122 e. The number of furan rings is 1. The van der Waals surface area contributed by atoms with E-state index in [9.17, 15) is 0 Å². The number of likely N-dealkylation sites (tertiary alicyclic amines) is 1. The topological polar surface area (TPSA) is 42.4 Å². The number of rotatable bonds is 3. The van der Waals surface area contributed by atoms with E-state index in [0.717, 1.165) is 18.2 Å². The Morgan fingerprint density at radius 2 is 2.11 bits per heavy atom. The summed E-state index contributed by atoms with van der Waals surface area (Å²) < 4.78 is 5.61. The second-order valence-electron chi connectivity index (χ2n) is 6.07. The molecule has 0 aliphatic carbocycles. The molecule has 102 valence electrons. The summed E-state index contributed by atoms with van der Waals surface area (Å²) in [6.45, 7) is 10.2. The zero-order valence-electron chi connectivity index (χ0n) is 12.0. The van der Waals surface area contributed by atoms with Gasteiger partial charge in [-0.1, -0.05) is 13.8 Å². The SMILES string of the molecule is CC1CC(C)C(C)N(C(c2ccco2)C(C)N)C1. The second kappa shape index (κ2) is 5.45. The minimum absolute atomic E-state index is 0.0797. The second-order valence-corrected chi connectivity index (χ2v) is 6.07. The van der Waals surface area contributed by atoms with Crippen molar-refractivity contribution in [3.05, 3.63) is 24.2 Å². The molecule has 1 saturated heterocycles. The molecule has 0 saturated carbocycles. The van der Waals surface area contributed by atoms with Crippen LogP contribution in [0.25, 0.3) is 0 Å². The van der Waals surface area contributed by atoms with E-state index in [4.69, 9.17) is 10.2 Å². The highest BCUT2D eigenvalue weighted by molar-refractivity contribution is 5.09. The summed E-state index contributed by atoms with van der Waals surface area (Å²) in [4.78, 5) is 2.53. The number of piperidine rings is 1. The molecule has 3 nitrogen and oxygen atoms in total. The molecule has 0 bridgehead atoms. The van der Waals surface area contributed by atoms with Crippen molar-refractivity contribution < 1.29 is 4.42 Å². The normalized spacial score (nSPS) is 33.3. The third-order valence-electron chi connectivity index (χ3n) is 4.33. The first kappa shape index (κ1) is 13.6. The van der Waals surface area contributed by atoms with Crippen LogP contribution in [0.15, 0.2) is 22.8 Å². The maximum atomic E-state index is 6.21. The van der Waals surface area contributed by atoms with Gasteiger partial charge in [0.2, 0.25) is 0 Å². The minimum Gasteiger partial charge on any atom is -0.468 e. The van der Waals surface area contributed by atoms with Gasteiger partial charge in [0.05, 0.1) is 12.3 Å². The molecule has 18 heavy (non-hydrogen) atoms. The van der Waals surface area contributed by atoms with Crippen LogP contribution in [0, 0.1) is 11.8 Å². The predicted octanol–water partition coefficient (Wildman–Crippen LogP) is 3.03. The van der Waals surface area contributed by atoms with Crippen LogP contribution < -0.4 is 5.73 Å². The van der Waals surface area contributed by atoms with Crippen molar-refractivity contribution >= 4 is 0 Å². The van der Waals surface area contributed by atoms with Gasteiger partial charge in [-0.2, -0.15) is 0 Å².